The molecule has 0 aliphatic carbocycles. The van der Waals surface area contributed by atoms with Crippen molar-refractivity contribution in [1.29, 1.82) is 0 Å². The van der Waals surface area contributed by atoms with Crippen LogP contribution in [0.25, 0.3) is 22.3 Å². The zero-order chi connectivity index (χ0) is 27.3. The maximum atomic E-state index is 12.3. The van der Waals surface area contributed by atoms with Crippen molar-refractivity contribution >= 4 is 17.9 Å². The molecule has 0 saturated carbocycles. The van der Waals surface area contributed by atoms with Crippen LogP contribution >= 0.6 is 0 Å². The van der Waals surface area contributed by atoms with Crippen molar-refractivity contribution in [3.63, 3.8) is 0 Å². The lowest BCUT2D eigenvalue weighted by atomic mass is 9.99. The third-order valence-corrected chi connectivity index (χ3v) is 5.47. The van der Waals surface area contributed by atoms with Crippen molar-refractivity contribution in [1.82, 2.24) is 0 Å². The predicted octanol–water partition coefficient (Wildman–Crippen LogP) is 6.72. The Hall–Kier alpha value is -4.71. The van der Waals surface area contributed by atoms with E-state index in [4.69, 9.17) is 14.2 Å². The first kappa shape index (κ1) is 27.9. The molecule has 0 spiro atoms. The molecule has 0 saturated heterocycles. The molecule has 0 aliphatic rings. The first-order valence-electron chi connectivity index (χ1n) is 12.2. The summed E-state index contributed by atoms with van der Waals surface area (Å²) in [7, 11) is 0. The Morgan fingerprint density at radius 1 is 0.711 bits per heavy atom. The predicted molar refractivity (Wildman–Crippen MR) is 148 cm³/mol. The van der Waals surface area contributed by atoms with Crippen LogP contribution in [0.5, 0.6) is 5.75 Å². The number of hydrogen-bond donors (Lipinski definition) is 0. The molecule has 0 radical (unpaired) electrons. The van der Waals surface area contributed by atoms with E-state index >= 15 is 0 Å². The fraction of sp³-hybridized carbons (Fsp3) is 0.156. The van der Waals surface area contributed by atoms with Gasteiger partial charge in [-0.2, -0.15) is 0 Å². The van der Waals surface area contributed by atoms with E-state index < -0.39 is 11.9 Å². The van der Waals surface area contributed by atoms with E-state index in [0.717, 1.165) is 28.3 Å². The molecule has 38 heavy (non-hydrogen) atoms. The van der Waals surface area contributed by atoms with Gasteiger partial charge in [-0.1, -0.05) is 73.8 Å². The molecule has 0 N–H and O–H groups in total. The Kier molecular flexibility index (Phi) is 10.4. The fourth-order valence-corrected chi connectivity index (χ4v) is 3.39. The van der Waals surface area contributed by atoms with Gasteiger partial charge in [0.15, 0.2) is 0 Å². The van der Waals surface area contributed by atoms with Gasteiger partial charge in [0, 0.05) is 11.6 Å². The van der Waals surface area contributed by atoms with Crippen LogP contribution in [0.2, 0.25) is 0 Å². The van der Waals surface area contributed by atoms with Crippen LogP contribution in [0.3, 0.4) is 0 Å². The van der Waals surface area contributed by atoms with Gasteiger partial charge in [0.05, 0.1) is 18.8 Å². The quantitative estimate of drug-likeness (QED) is 0.0884. The third kappa shape index (κ3) is 8.45. The van der Waals surface area contributed by atoms with E-state index in [1.807, 2.05) is 60.7 Å². The maximum absolute atomic E-state index is 12.3. The summed E-state index contributed by atoms with van der Waals surface area (Å²) < 4.78 is 15.4. The molecule has 194 valence electrons. The highest BCUT2D eigenvalue weighted by Gasteiger charge is 2.08. The molecule has 0 fully saturated rings. The summed E-state index contributed by atoms with van der Waals surface area (Å²) in [5.74, 6) is -0.798. The number of hydrogen-bond acceptors (Lipinski definition) is 6. The van der Waals surface area contributed by atoms with Crippen LogP contribution in [0.15, 0.2) is 110 Å². The summed E-state index contributed by atoms with van der Waals surface area (Å²) in [6, 6.07) is 22.6. The molecule has 0 unspecified atom stereocenters. The monoisotopic (exact) mass is 510 g/mol. The topological polar surface area (TPSA) is 78.9 Å². The molecule has 0 amide bonds. The lowest BCUT2D eigenvalue weighted by Gasteiger charge is -2.08. The Balaban J connectivity index is 1.48. The second kappa shape index (κ2) is 14.1. The zero-order valence-corrected chi connectivity index (χ0v) is 21.4. The van der Waals surface area contributed by atoms with Gasteiger partial charge in [-0.25, -0.2) is 14.4 Å². The molecule has 0 aromatic heterocycles. The van der Waals surface area contributed by atoms with Gasteiger partial charge >= 0.3 is 17.9 Å². The summed E-state index contributed by atoms with van der Waals surface area (Å²) in [5.41, 5.74) is 4.85. The first-order valence-corrected chi connectivity index (χ1v) is 12.2. The van der Waals surface area contributed by atoms with Gasteiger partial charge in [-0.05, 0) is 66.3 Å². The average Bonchev–Trinajstić information content (AvgIpc) is 2.94. The Morgan fingerprint density at radius 2 is 1.16 bits per heavy atom. The summed E-state index contributed by atoms with van der Waals surface area (Å²) in [4.78, 5) is 34.9. The van der Waals surface area contributed by atoms with Crippen LogP contribution in [-0.2, 0) is 19.1 Å². The highest BCUT2D eigenvalue weighted by atomic mass is 16.5. The van der Waals surface area contributed by atoms with Crippen molar-refractivity contribution in [3.8, 4) is 28.0 Å². The molecule has 3 aromatic rings. The van der Waals surface area contributed by atoms with E-state index in [2.05, 4.69) is 13.2 Å². The highest BCUT2D eigenvalue weighted by molar-refractivity contribution is 5.90. The molecule has 6 heteroatoms. The number of carbonyl (C=O) groups excluding carboxylic acids is 3. The Bertz CT molecular complexity index is 1300. The molecule has 3 rings (SSSR count). The van der Waals surface area contributed by atoms with Gasteiger partial charge in [0.2, 0.25) is 0 Å². The van der Waals surface area contributed by atoms with Crippen LogP contribution < -0.4 is 4.74 Å². The smallest absolute Gasteiger partial charge is 0.338 e. The van der Waals surface area contributed by atoms with Crippen molar-refractivity contribution in [2.75, 3.05) is 13.2 Å². The van der Waals surface area contributed by atoms with Crippen molar-refractivity contribution in [3.05, 3.63) is 115 Å². The van der Waals surface area contributed by atoms with E-state index in [-0.39, 0.29) is 19.2 Å². The molecular formula is C32H30O6. The summed E-state index contributed by atoms with van der Waals surface area (Å²) in [6.07, 6.45) is 6.06. The summed E-state index contributed by atoms with van der Waals surface area (Å²) in [5, 5.41) is 0. The maximum Gasteiger partial charge on any atom is 0.338 e. The summed E-state index contributed by atoms with van der Waals surface area (Å²) >= 11 is 0. The fourth-order valence-electron chi connectivity index (χ4n) is 3.39. The standard InChI is InChI=1S/C32H30O6/c1-4-30(33)36-21-7-5-6-8-22-37-32(35)28-15-13-26(14-16-28)24-9-11-25(12-10-24)27-17-19-29(20-18-27)38-31(34)23(2)3/h4-6,9-20H,1-2,7-8,21-22H2,3H3/b6-5+. The van der Waals surface area contributed by atoms with Gasteiger partial charge < -0.3 is 14.2 Å². The normalized spacial score (nSPS) is 10.6. The van der Waals surface area contributed by atoms with E-state index in [9.17, 15) is 14.4 Å². The Labute approximate surface area is 222 Å². The molecular weight excluding hydrogens is 480 g/mol. The Morgan fingerprint density at radius 3 is 1.63 bits per heavy atom. The number of carbonyl (C=O) groups is 3. The van der Waals surface area contributed by atoms with Gasteiger partial charge in [0.1, 0.15) is 5.75 Å². The zero-order valence-electron chi connectivity index (χ0n) is 21.4. The minimum atomic E-state index is -0.448. The van der Waals surface area contributed by atoms with Crippen LogP contribution in [0.4, 0.5) is 0 Å². The minimum absolute atomic E-state index is 0.266. The molecule has 0 atom stereocenters. The van der Waals surface area contributed by atoms with Crippen molar-refractivity contribution in [2.24, 2.45) is 0 Å². The number of rotatable bonds is 12. The van der Waals surface area contributed by atoms with Crippen LogP contribution in [0.1, 0.15) is 30.1 Å². The largest absolute Gasteiger partial charge is 0.462 e. The van der Waals surface area contributed by atoms with Gasteiger partial charge in [-0.3, -0.25) is 0 Å². The third-order valence-electron chi connectivity index (χ3n) is 5.47. The second-order valence-corrected chi connectivity index (χ2v) is 8.41. The highest BCUT2D eigenvalue weighted by Crippen LogP contribution is 2.27. The van der Waals surface area contributed by atoms with Crippen molar-refractivity contribution in [2.45, 2.75) is 19.8 Å². The van der Waals surface area contributed by atoms with Crippen LogP contribution in [0, 0.1) is 0 Å². The van der Waals surface area contributed by atoms with Gasteiger partial charge in [-0.15, -0.1) is 0 Å². The first-order chi connectivity index (χ1) is 18.4. The molecule has 0 aliphatic heterocycles. The molecule has 6 nitrogen and oxygen atoms in total. The lowest BCUT2D eigenvalue weighted by Crippen LogP contribution is -2.07. The molecule has 3 aromatic carbocycles. The summed E-state index contributed by atoms with van der Waals surface area (Å²) in [6.45, 7) is 9.08. The molecule has 0 bridgehead atoms. The average molecular weight is 511 g/mol. The lowest BCUT2D eigenvalue weighted by molar-refractivity contribution is -0.137. The number of esters is 3. The number of benzene rings is 3. The van der Waals surface area contributed by atoms with E-state index in [1.54, 1.807) is 31.2 Å². The number of ether oxygens (including phenoxy) is 3. The molecule has 0 heterocycles. The van der Waals surface area contributed by atoms with Crippen molar-refractivity contribution < 1.29 is 28.6 Å². The van der Waals surface area contributed by atoms with E-state index in [0.29, 0.717) is 29.7 Å². The van der Waals surface area contributed by atoms with Gasteiger partial charge in [0.25, 0.3) is 0 Å². The van der Waals surface area contributed by atoms with Crippen LogP contribution in [-0.4, -0.2) is 31.1 Å². The second-order valence-electron chi connectivity index (χ2n) is 8.41. The minimum Gasteiger partial charge on any atom is -0.462 e. The SMILES string of the molecule is C=CC(=O)OCC/C=C/CCOC(=O)c1ccc(-c2ccc(-c3ccc(OC(=O)C(=C)C)cc3)cc2)cc1. The van der Waals surface area contributed by atoms with E-state index in [1.165, 1.54) is 0 Å².